The summed E-state index contributed by atoms with van der Waals surface area (Å²) in [5, 5.41) is 9.29. The summed E-state index contributed by atoms with van der Waals surface area (Å²) in [5.41, 5.74) is 8.02. The Morgan fingerprint density at radius 1 is 0.814 bits per heavy atom. The molecule has 1 aliphatic heterocycles. The third-order valence-electron chi connectivity index (χ3n) is 7.82. The number of rotatable bonds is 8. The molecule has 1 saturated heterocycles. The van der Waals surface area contributed by atoms with Crippen LogP contribution in [-0.2, 0) is 4.79 Å². The number of carbonyl (C=O) groups excluding carboxylic acids is 3. The van der Waals surface area contributed by atoms with Gasteiger partial charge < -0.3 is 20.1 Å². The van der Waals surface area contributed by atoms with Gasteiger partial charge in [-0.15, -0.1) is 0 Å². The molecule has 0 bridgehead atoms. The molecule has 0 saturated carbocycles. The van der Waals surface area contributed by atoms with Crippen LogP contribution in [-0.4, -0.2) is 42.8 Å². The van der Waals surface area contributed by atoms with Gasteiger partial charge in [0.15, 0.2) is 17.3 Å². The summed E-state index contributed by atoms with van der Waals surface area (Å²) in [6, 6.07) is 25.0. The summed E-state index contributed by atoms with van der Waals surface area (Å²) < 4.78 is 24.8. The van der Waals surface area contributed by atoms with E-state index >= 15 is 0 Å². The number of hydrogen-bond donors (Lipinski definition) is 1. The SMILES string of the molecule is COc1ccc(C2C(C(=O)c3ccc(C#N)cc3)C(c3ccccc3)N(C(=O)c3ccc(F)cc3)C2C(N)=O)cc1OC. The van der Waals surface area contributed by atoms with Crippen LogP contribution in [0.3, 0.4) is 0 Å². The van der Waals surface area contributed by atoms with Crippen molar-refractivity contribution in [2.45, 2.75) is 18.0 Å². The fourth-order valence-corrected chi connectivity index (χ4v) is 5.90. The fraction of sp³-hybridized carbons (Fsp3) is 0.176. The molecule has 43 heavy (non-hydrogen) atoms. The van der Waals surface area contributed by atoms with E-state index in [1.807, 2.05) is 6.07 Å². The van der Waals surface area contributed by atoms with Crippen LogP contribution in [0.5, 0.6) is 11.5 Å². The number of nitrogens with two attached hydrogens (primary N) is 1. The Morgan fingerprint density at radius 3 is 2.02 bits per heavy atom. The van der Waals surface area contributed by atoms with Crippen molar-refractivity contribution >= 4 is 17.6 Å². The van der Waals surface area contributed by atoms with Crippen molar-refractivity contribution in [2.24, 2.45) is 11.7 Å². The first-order valence-corrected chi connectivity index (χ1v) is 13.5. The summed E-state index contributed by atoms with van der Waals surface area (Å²) in [4.78, 5) is 43.5. The van der Waals surface area contributed by atoms with Gasteiger partial charge in [0.05, 0.1) is 37.8 Å². The van der Waals surface area contributed by atoms with E-state index in [2.05, 4.69) is 0 Å². The number of nitrogens with zero attached hydrogens (tertiary/aromatic N) is 2. The first-order valence-electron chi connectivity index (χ1n) is 13.5. The number of methoxy groups -OCH3 is 2. The van der Waals surface area contributed by atoms with E-state index in [0.717, 1.165) is 12.1 Å². The van der Waals surface area contributed by atoms with E-state index < -0.39 is 41.6 Å². The second-order valence-electron chi connectivity index (χ2n) is 10.1. The van der Waals surface area contributed by atoms with Crippen LogP contribution in [0.4, 0.5) is 4.39 Å². The van der Waals surface area contributed by atoms with Crippen molar-refractivity contribution in [3.63, 3.8) is 0 Å². The van der Waals surface area contributed by atoms with Gasteiger partial charge in [-0.05, 0) is 59.7 Å². The zero-order valence-corrected chi connectivity index (χ0v) is 23.4. The molecule has 2 amide bonds. The van der Waals surface area contributed by atoms with E-state index in [0.29, 0.717) is 33.8 Å². The molecule has 9 heteroatoms. The largest absolute Gasteiger partial charge is 0.493 e. The molecule has 1 heterocycles. The van der Waals surface area contributed by atoms with Crippen LogP contribution in [0, 0.1) is 23.1 Å². The molecule has 0 radical (unpaired) electrons. The summed E-state index contributed by atoms with van der Waals surface area (Å²) in [6.07, 6.45) is 0. The highest BCUT2D eigenvalue weighted by atomic mass is 19.1. The lowest BCUT2D eigenvalue weighted by Crippen LogP contribution is -2.46. The molecule has 4 unspecified atom stereocenters. The third kappa shape index (κ3) is 5.43. The number of Topliss-reactive ketones (excluding diaryl/α,β-unsaturated/α-hetero) is 1. The van der Waals surface area contributed by atoms with E-state index in [9.17, 15) is 24.0 Å². The van der Waals surface area contributed by atoms with Gasteiger partial charge in [-0.25, -0.2) is 4.39 Å². The lowest BCUT2D eigenvalue weighted by Gasteiger charge is -2.31. The smallest absolute Gasteiger partial charge is 0.255 e. The normalized spacial score (nSPS) is 19.3. The van der Waals surface area contributed by atoms with Crippen LogP contribution in [0.15, 0.2) is 97.1 Å². The van der Waals surface area contributed by atoms with Gasteiger partial charge in [0.2, 0.25) is 5.91 Å². The molecule has 0 aromatic heterocycles. The molecule has 2 N–H and O–H groups in total. The van der Waals surface area contributed by atoms with Gasteiger partial charge >= 0.3 is 0 Å². The number of nitriles is 1. The van der Waals surface area contributed by atoms with E-state index in [-0.39, 0.29) is 11.3 Å². The molecular weight excluding hydrogens is 549 g/mol. The van der Waals surface area contributed by atoms with Crippen molar-refractivity contribution in [2.75, 3.05) is 14.2 Å². The van der Waals surface area contributed by atoms with Gasteiger partial charge in [-0.3, -0.25) is 14.4 Å². The maximum absolute atomic E-state index is 14.5. The topological polar surface area (TPSA) is 123 Å². The average molecular weight is 578 g/mol. The predicted octanol–water partition coefficient (Wildman–Crippen LogP) is 5.05. The van der Waals surface area contributed by atoms with Crippen molar-refractivity contribution in [1.29, 1.82) is 5.26 Å². The van der Waals surface area contributed by atoms with E-state index in [1.54, 1.807) is 60.7 Å². The van der Waals surface area contributed by atoms with E-state index in [4.69, 9.17) is 15.2 Å². The lowest BCUT2D eigenvalue weighted by molar-refractivity contribution is -0.122. The number of halogens is 1. The Labute approximate surface area is 248 Å². The first kappa shape index (κ1) is 29.0. The number of ketones is 1. The Bertz CT molecular complexity index is 1700. The number of benzene rings is 4. The van der Waals surface area contributed by atoms with Crippen molar-refractivity contribution in [3.8, 4) is 17.6 Å². The second-order valence-corrected chi connectivity index (χ2v) is 10.1. The standard InChI is InChI=1S/C34H28FN3O5/c1-42-26-17-14-24(18-27(26)43-2)28-29(32(39)22-10-8-20(19-36)9-11-22)30(21-6-4-3-5-7-21)38(31(28)33(37)40)34(41)23-12-15-25(35)16-13-23/h3-18,28-31H,1-2H3,(H2,37,40). The monoisotopic (exact) mass is 577 g/mol. The highest BCUT2D eigenvalue weighted by molar-refractivity contribution is 6.04. The molecule has 8 nitrogen and oxygen atoms in total. The summed E-state index contributed by atoms with van der Waals surface area (Å²) >= 11 is 0. The molecule has 4 aromatic rings. The molecule has 4 aromatic carbocycles. The number of carbonyl (C=O) groups is 3. The molecule has 0 spiro atoms. The van der Waals surface area contributed by atoms with Crippen LogP contribution in [0.25, 0.3) is 0 Å². The molecule has 0 aliphatic carbocycles. The van der Waals surface area contributed by atoms with Crippen LogP contribution in [0.2, 0.25) is 0 Å². The molecule has 216 valence electrons. The van der Waals surface area contributed by atoms with Gasteiger partial charge in [0.25, 0.3) is 5.91 Å². The highest BCUT2D eigenvalue weighted by Crippen LogP contribution is 2.52. The minimum Gasteiger partial charge on any atom is -0.493 e. The highest BCUT2D eigenvalue weighted by Gasteiger charge is 2.57. The Kier molecular flexibility index (Phi) is 8.21. The summed E-state index contributed by atoms with van der Waals surface area (Å²) in [5.74, 6) is -3.36. The summed E-state index contributed by atoms with van der Waals surface area (Å²) in [7, 11) is 2.96. The minimum absolute atomic E-state index is 0.131. The number of ether oxygens (including phenoxy) is 2. The maximum atomic E-state index is 14.5. The van der Waals surface area contributed by atoms with Crippen molar-refractivity contribution in [1.82, 2.24) is 4.90 Å². The predicted molar refractivity (Wildman–Crippen MR) is 156 cm³/mol. The first-order chi connectivity index (χ1) is 20.8. The van der Waals surface area contributed by atoms with Crippen molar-refractivity contribution in [3.05, 3.63) is 131 Å². The number of primary amides is 1. The molecule has 4 atom stereocenters. The number of amides is 2. The minimum atomic E-state index is -1.27. The van der Waals surface area contributed by atoms with Crippen molar-refractivity contribution < 1.29 is 28.2 Å². The maximum Gasteiger partial charge on any atom is 0.255 e. The lowest BCUT2D eigenvalue weighted by atomic mass is 9.76. The molecule has 1 fully saturated rings. The quantitative estimate of drug-likeness (QED) is 0.293. The van der Waals surface area contributed by atoms with Gasteiger partial charge in [0, 0.05) is 17.0 Å². The van der Waals surface area contributed by atoms with E-state index in [1.165, 1.54) is 43.4 Å². The Balaban J connectivity index is 1.78. The number of hydrogen-bond acceptors (Lipinski definition) is 6. The number of likely N-dealkylation sites (tertiary alicyclic amines) is 1. The average Bonchev–Trinajstić information content (AvgIpc) is 3.41. The van der Waals surface area contributed by atoms with Gasteiger partial charge in [-0.2, -0.15) is 5.26 Å². The Morgan fingerprint density at radius 2 is 1.44 bits per heavy atom. The van der Waals surface area contributed by atoms with Crippen LogP contribution >= 0.6 is 0 Å². The second kappa shape index (κ2) is 12.2. The summed E-state index contributed by atoms with van der Waals surface area (Å²) in [6.45, 7) is 0. The fourth-order valence-electron chi connectivity index (χ4n) is 5.90. The molecular formula is C34H28FN3O5. The van der Waals surface area contributed by atoms with Crippen LogP contribution < -0.4 is 15.2 Å². The van der Waals surface area contributed by atoms with Crippen LogP contribution in [0.1, 0.15) is 49.4 Å². The molecule has 5 rings (SSSR count). The third-order valence-corrected chi connectivity index (χ3v) is 7.82. The van der Waals surface area contributed by atoms with Gasteiger partial charge in [-0.1, -0.05) is 48.5 Å². The van der Waals surface area contributed by atoms with Gasteiger partial charge in [0.1, 0.15) is 11.9 Å². The zero-order valence-electron chi connectivity index (χ0n) is 23.4. The zero-order chi connectivity index (χ0) is 30.7. The molecule has 1 aliphatic rings. The Hall–Kier alpha value is -5.49.